The maximum absolute atomic E-state index is 12.7. The Kier molecular flexibility index (Phi) is 7.29. The molecular formula is C19H18F3N3O5S2. The van der Waals surface area contributed by atoms with Crippen LogP contribution in [0.1, 0.15) is 0 Å². The van der Waals surface area contributed by atoms with Gasteiger partial charge in [0.1, 0.15) is 10.6 Å². The third-order valence-corrected chi connectivity index (χ3v) is 7.25. The van der Waals surface area contributed by atoms with Crippen LogP contribution in [0.15, 0.2) is 58.3 Å². The molecule has 1 saturated heterocycles. The highest BCUT2D eigenvalue weighted by Gasteiger charge is 2.39. The van der Waals surface area contributed by atoms with Crippen LogP contribution in [0.25, 0.3) is 0 Å². The molecule has 0 radical (unpaired) electrons. The van der Waals surface area contributed by atoms with Crippen molar-refractivity contribution in [2.45, 2.75) is 15.3 Å². The minimum Gasteiger partial charge on any atom is -0.368 e. The molecule has 0 unspecified atom stereocenters. The summed E-state index contributed by atoms with van der Waals surface area (Å²) in [5, 5.41) is 11.3. The molecule has 1 aliphatic rings. The van der Waals surface area contributed by atoms with E-state index in [1.807, 2.05) is 30.3 Å². The lowest BCUT2D eigenvalue weighted by Crippen LogP contribution is -2.49. The van der Waals surface area contributed by atoms with E-state index in [-0.39, 0.29) is 0 Å². The highest BCUT2D eigenvalue weighted by Crippen LogP contribution is 2.31. The molecule has 2 aromatic rings. The van der Waals surface area contributed by atoms with Crippen LogP contribution in [0.5, 0.6) is 0 Å². The molecule has 2 atom stereocenters. The van der Waals surface area contributed by atoms with Gasteiger partial charge in [-0.3, -0.25) is 19.1 Å². The molecule has 1 heterocycles. The Morgan fingerprint density at radius 2 is 1.66 bits per heavy atom. The molecule has 13 heteroatoms. The topological polar surface area (TPSA) is 101 Å². The molecule has 32 heavy (non-hydrogen) atoms. The van der Waals surface area contributed by atoms with Crippen LogP contribution in [0.2, 0.25) is 0 Å². The number of alkyl halides is 3. The summed E-state index contributed by atoms with van der Waals surface area (Å²) in [7, 11) is -5.63. The normalized spacial score (nSPS) is 16.5. The summed E-state index contributed by atoms with van der Waals surface area (Å²) in [5.74, 6) is -1.03. The first kappa shape index (κ1) is 23.9. The zero-order valence-electron chi connectivity index (χ0n) is 16.5. The smallest absolute Gasteiger partial charge is 0.368 e. The lowest BCUT2D eigenvalue weighted by Gasteiger charge is -2.36. The van der Waals surface area contributed by atoms with Crippen molar-refractivity contribution >= 4 is 38.9 Å². The Labute approximate surface area is 186 Å². The van der Waals surface area contributed by atoms with Gasteiger partial charge in [0.25, 0.3) is 5.69 Å². The van der Waals surface area contributed by atoms with Crippen molar-refractivity contribution in [3.8, 4) is 0 Å². The lowest BCUT2D eigenvalue weighted by molar-refractivity contribution is -0.388. The number of benzene rings is 2. The van der Waals surface area contributed by atoms with Crippen molar-refractivity contribution in [1.29, 1.82) is 0 Å². The van der Waals surface area contributed by atoms with E-state index in [0.717, 1.165) is 17.8 Å². The Morgan fingerprint density at radius 3 is 2.22 bits per heavy atom. The van der Waals surface area contributed by atoms with Crippen molar-refractivity contribution in [2.24, 2.45) is 0 Å². The van der Waals surface area contributed by atoms with Gasteiger partial charge in [-0.05, 0) is 24.3 Å². The van der Waals surface area contributed by atoms with Crippen LogP contribution in [0, 0.1) is 10.1 Å². The maximum Gasteiger partial charge on any atom is 0.475 e. The van der Waals surface area contributed by atoms with E-state index in [0.29, 0.717) is 32.2 Å². The summed E-state index contributed by atoms with van der Waals surface area (Å²) in [6.45, 7) is 1.86. The molecule has 172 valence electrons. The average Bonchev–Trinajstić information content (AvgIpc) is 2.78. The van der Waals surface area contributed by atoms with Gasteiger partial charge in [0.2, 0.25) is 5.91 Å². The van der Waals surface area contributed by atoms with Gasteiger partial charge in [-0.1, -0.05) is 18.2 Å². The number of amides is 1. The molecule has 1 aliphatic heterocycles. The first-order valence-corrected chi connectivity index (χ1v) is 11.8. The summed E-state index contributed by atoms with van der Waals surface area (Å²) in [5.41, 5.74) is -4.96. The largest absolute Gasteiger partial charge is 0.475 e. The molecule has 0 aliphatic carbocycles. The molecule has 0 spiro atoms. The second kappa shape index (κ2) is 9.77. The Morgan fingerprint density at radius 1 is 1.03 bits per heavy atom. The molecule has 1 amide bonds. The van der Waals surface area contributed by atoms with Crippen LogP contribution in [0.3, 0.4) is 0 Å². The number of nitro groups is 1. The van der Waals surface area contributed by atoms with Crippen LogP contribution in [0.4, 0.5) is 24.5 Å². The van der Waals surface area contributed by atoms with Crippen LogP contribution >= 0.6 is 0 Å². The van der Waals surface area contributed by atoms with E-state index in [1.165, 1.54) is 4.90 Å². The van der Waals surface area contributed by atoms with Gasteiger partial charge in [0, 0.05) is 37.9 Å². The highest BCUT2D eigenvalue weighted by atomic mass is 32.2. The number of carbonyl (C=O) groups excluding carboxylic acids is 1. The Balaban J connectivity index is 1.68. The van der Waals surface area contributed by atoms with Gasteiger partial charge < -0.3 is 9.80 Å². The number of halogens is 3. The summed E-state index contributed by atoms with van der Waals surface area (Å²) in [6, 6.07) is 11.7. The lowest BCUT2D eigenvalue weighted by atomic mass is 10.2. The Hall–Kier alpha value is -2.80. The number of hydrogen-bond donors (Lipinski definition) is 0. The number of carbonyl (C=O) groups is 1. The zero-order valence-corrected chi connectivity index (χ0v) is 18.1. The SMILES string of the molecule is O=C(C[S@@](=O)c1ccc([S@@](=O)C(F)(F)F)cc1[N+](=O)[O-])N1CCN(c2ccccc2)CC1. The van der Waals surface area contributed by atoms with E-state index in [1.54, 1.807) is 0 Å². The van der Waals surface area contributed by atoms with Gasteiger partial charge in [-0.2, -0.15) is 13.2 Å². The number of nitrogens with zero attached hydrogens (tertiary/aromatic N) is 3. The molecule has 1 fully saturated rings. The molecule has 0 N–H and O–H groups in total. The van der Waals surface area contributed by atoms with Gasteiger partial charge in [-0.15, -0.1) is 0 Å². The summed E-state index contributed by atoms with van der Waals surface area (Å²) < 4.78 is 62.1. The third kappa shape index (κ3) is 5.51. The predicted molar refractivity (Wildman–Crippen MR) is 112 cm³/mol. The van der Waals surface area contributed by atoms with Gasteiger partial charge in [0.15, 0.2) is 10.8 Å². The molecule has 0 saturated carbocycles. The van der Waals surface area contributed by atoms with Crippen LogP contribution < -0.4 is 4.90 Å². The standard InChI is InChI=1S/C19H18F3N3O5S2/c20-19(21,22)32(30)15-6-7-17(16(12-15)25(27)28)31(29)13-18(26)24-10-8-23(9-11-24)14-4-2-1-3-5-14/h1-7,12H,8-11,13H2/t31-,32-/m1/s1. The molecule has 3 rings (SSSR count). The van der Waals surface area contributed by atoms with Crippen molar-refractivity contribution < 1.29 is 31.3 Å². The minimum atomic E-state index is -5.09. The fraction of sp³-hybridized carbons (Fsp3) is 0.316. The van der Waals surface area contributed by atoms with E-state index in [9.17, 15) is 36.5 Å². The van der Waals surface area contributed by atoms with E-state index < -0.39 is 59.2 Å². The minimum absolute atomic E-state index is 0.372. The first-order chi connectivity index (χ1) is 15.1. The quantitative estimate of drug-likeness (QED) is 0.457. The van der Waals surface area contributed by atoms with E-state index >= 15 is 0 Å². The summed E-state index contributed by atoms with van der Waals surface area (Å²) in [4.78, 5) is 25.2. The molecule has 0 bridgehead atoms. The van der Waals surface area contributed by atoms with E-state index in [4.69, 9.17) is 0 Å². The molecule has 2 aromatic carbocycles. The maximum atomic E-state index is 12.7. The Bertz CT molecular complexity index is 1060. The predicted octanol–water partition coefficient (Wildman–Crippen LogP) is 2.68. The molecule has 8 nitrogen and oxygen atoms in total. The zero-order chi connectivity index (χ0) is 23.5. The first-order valence-electron chi connectivity index (χ1n) is 9.31. The van der Waals surface area contributed by atoms with Crippen LogP contribution in [-0.2, 0) is 26.4 Å². The number of anilines is 1. The summed E-state index contributed by atoms with van der Waals surface area (Å²) >= 11 is 0. The number of nitro benzene ring substituents is 1. The second-order valence-corrected chi connectivity index (χ2v) is 9.69. The fourth-order valence-corrected chi connectivity index (χ4v) is 5.04. The molecule has 0 aromatic heterocycles. The summed E-state index contributed by atoms with van der Waals surface area (Å²) in [6.07, 6.45) is 0. The van der Waals surface area contributed by atoms with Crippen molar-refractivity contribution in [2.75, 3.05) is 36.8 Å². The third-order valence-electron chi connectivity index (χ3n) is 4.80. The highest BCUT2D eigenvalue weighted by molar-refractivity contribution is 7.86. The van der Waals surface area contributed by atoms with Gasteiger partial charge in [-0.25, -0.2) is 4.21 Å². The van der Waals surface area contributed by atoms with Gasteiger partial charge in [0.05, 0.1) is 20.6 Å². The van der Waals surface area contributed by atoms with Crippen molar-refractivity contribution in [1.82, 2.24) is 4.90 Å². The van der Waals surface area contributed by atoms with Crippen molar-refractivity contribution in [3.63, 3.8) is 0 Å². The van der Waals surface area contributed by atoms with E-state index in [2.05, 4.69) is 4.90 Å². The van der Waals surface area contributed by atoms with Gasteiger partial charge >= 0.3 is 5.51 Å². The van der Waals surface area contributed by atoms with Crippen molar-refractivity contribution in [3.05, 3.63) is 58.6 Å². The second-order valence-electron chi connectivity index (χ2n) is 6.79. The number of rotatable bonds is 6. The fourth-order valence-electron chi connectivity index (χ4n) is 3.22. The number of para-hydroxylation sites is 1. The number of piperazine rings is 1. The molecular weight excluding hydrogens is 471 g/mol. The monoisotopic (exact) mass is 489 g/mol. The number of hydrogen-bond acceptors (Lipinski definition) is 6. The van der Waals surface area contributed by atoms with Crippen LogP contribution in [-0.4, -0.2) is 61.6 Å². The average molecular weight is 489 g/mol.